The molecule has 0 aliphatic heterocycles. The SMILES string of the molecule is O=C(O)c1ccc(C=CC(=O)c2ccc(C(=O)C=Cc3ccc(C(=O)O)cc3)cc2)cc1. The van der Waals surface area contributed by atoms with E-state index >= 15 is 0 Å². The summed E-state index contributed by atoms with van der Waals surface area (Å²) in [6, 6.07) is 18.5. The second-order valence-electron chi connectivity index (χ2n) is 6.83. The molecule has 3 aromatic carbocycles. The van der Waals surface area contributed by atoms with E-state index in [1.165, 1.54) is 36.4 Å². The highest BCUT2D eigenvalue weighted by molar-refractivity contribution is 6.09. The summed E-state index contributed by atoms with van der Waals surface area (Å²) in [5, 5.41) is 17.8. The van der Waals surface area contributed by atoms with Crippen molar-refractivity contribution in [1.82, 2.24) is 0 Å². The number of carboxylic acid groups (broad SMARTS) is 2. The molecule has 0 fully saturated rings. The Bertz CT molecular complexity index is 1120. The fraction of sp³-hybridized carbons (Fsp3) is 0. The van der Waals surface area contributed by atoms with E-state index in [-0.39, 0.29) is 22.7 Å². The van der Waals surface area contributed by atoms with E-state index in [2.05, 4.69) is 0 Å². The number of carboxylic acids is 2. The fourth-order valence-electron chi connectivity index (χ4n) is 2.81. The Morgan fingerprint density at radius 2 is 0.750 bits per heavy atom. The quantitative estimate of drug-likeness (QED) is 0.393. The third kappa shape index (κ3) is 5.73. The Hall–Kier alpha value is -4.58. The summed E-state index contributed by atoms with van der Waals surface area (Å²) in [7, 11) is 0. The first-order valence-corrected chi connectivity index (χ1v) is 9.55. The van der Waals surface area contributed by atoms with Crippen molar-refractivity contribution in [3.63, 3.8) is 0 Å². The maximum atomic E-state index is 12.3. The molecule has 3 rings (SSSR count). The lowest BCUT2D eigenvalue weighted by Gasteiger charge is -2.00. The number of carbonyl (C=O) groups excluding carboxylic acids is 2. The van der Waals surface area contributed by atoms with E-state index in [1.54, 1.807) is 60.7 Å². The monoisotopic (exact) mass is 426 g/mol. The molecular weight excluding hydrogens is 408 g/mol. The van der Waals surface area contributed by atoms with Crippen molar-refractivity contribution in [2.24, 2.45) is 0 Å². The lowest BCUT2D eigenvalue weighted by Crippen LogP contribution is -1.98. The summed E-state index contributed by atoms with van der Waals surface area (Å²) in [6.07, 6.45) is 5.94. The van der Waals surface area contributed by atoms with Crippen molar-refractivity contribution in [1.29, 1.82) is 0 Å². The minimum atomic E-state index is -1.02. The van der Waals surface area contributed by atoms with Crippen molar-refractivity contribution in [2.75, 3.05) is 0 Å². The van der Waals surface area contributed by atoms with Crippen LogP contribution in [-0.4, -0.2) is 33.7 Å². The third-order valence-corrected chi connectivity index (χ3v) is 4.62. The summed E-state index contributed by atoms with van der Waals surface area (Å²) in [6.45, 7) is 0. The number of benzene rings is 3. The summed E-state index contributed by atoms with van der Waals surface area (Å²) in [4.78, 5) is 46.4. The molecule has 0 aliphatic rings. The normalized spacial score (nSPS) is 11.0. The highest BCUT2D eigenvalue weighted by atomic mass is 16.4. The number of aromatic carboxylic acids is 2. The Morgan fingerprint density at radius 1 is 0.469 bits per heavy atom. The maximum Gasteiger partial charge on any atom is 0.335 e. The molecule has 0 atom stereocenters. The van der Waals surface area contributed by atoms with Crippen LogP contribution in [0.2, 0.25) is 0 Å². The highest BCUT2D eigenvalue weighted by Gasteiger charge is 2.06. The van der Waals surface area contributed by atoms with Crippen LogP contribution in [0.1, 0.15) is 52.6 Å². The Morgan fingerprint density at radius 3 is 1.03 bits per heavy atom. The van der Waals surface area contributed by atoms with Crippen molar-refractivity contribution in [3.8, 4) is 0 Å². The van der Waals surface area contributed by atoms with Crippen LogP contribution < -0.4 is 0 Å². The van der Waals surface area contributed by atoms with Gasteiger partial charge in [0.05, 0.1) is 11.1 Å². The smallest absolute Gasteiger partial charge is 0.335 e. The van der Waals surface area contributed by atoms with Crippen LogP contribution in [-0.2, 0) is 0 Å². The zero-order chi connectivity index (χ0) is 23.1. The molecule has 6 heteroatoms. The van der Waals surface area contributed by atoms with Gasteiger partial charge in [0.1, 0.15) is 0 Å². The molecule has 32 heavy (non-hydrogen) atoms. The van der Waals surface area contributed by atoms with Crippen LogP contribution in [0.3, 0.4) is 0 Å². The summed E-state index contributed by atoms with van der Waals surface area (Å²) in [5.41, 5.74) is 2.54. The van der Waals surface area contributed by atoms with E-state index in [4.69, 9.17) is 10.2 Å². The first-order valence-electron chi connectivity index (χ1n) is 9.55. The minimum absolute atomic E-state index is 0.167. The molecule has 0 aromatic heterocycles. The molecule has 158 valence electrons. The first kappa shape index (κ1) is 22.1. The molecule has 2 N–H and O–H groups in total. The van der Waals surface area contributed by atoms with Gasteiger partial charge in [-0.15, -0.1) is 0 Å². The van der Waals surface area contributed by atoms with Gasteiger partial charge in [-0.25, -0.2) is 9.59 Å². The van der Waals surface area contributed by atoms with Gasteiger partial charge in [-0.1, -0.05) is 60.7 Å². The molecule has 0 unspecified atom stereocenters. The van der Waals surface area contributed by atoms with E-state index < -0.39 is 11.9 Å². The molecule has 0 bridgehead atoms. The molecule has 0 saturated carbocycles. The van der Waals surface area contributed by atoms with Crippen LogP contribution >= 0.6 is 0 Å². The van der Waals surface area contributed by atoms with Gasteiger partial charge < -0.3 is 10.2 Å². The Balaban J connectivity index is 1.63. The third-order valence-electron chi connectivity index (χ3n) is 4.62. The van der Waals surface area contributed by atoms with Crippen molar-refractivity contribution in [2.45, 2.75) is 0 Å². The zero-order valence-electron chi connectivity index (χ0n) is 16.8. The second kappa shape index (κ2) is 9.95. The largest absolute Gasteiger partial charge is 0.478 e. The first-order chi connectivity index (χ1) is 15.3. The number of ketones is 2. The van der Waals surface area contributed by atoms with Crippen LogP contribution in [0.25, 0.3) is 12.2 Å². The summed E-state index contributed by atoms with van der Waals surface area (Å²) < 4.78 is 0. The molecule has 0 amide bonds. The molecule has 3 aromatic rings. The highest BCUT2D eigenvalue weighted by Crippen LogP contribution is 2.12. The molecule has 0 aliphatic carbocycles. The molecule has 0 spiro atoms. The van der Waals surface area contributed by atoms with Gasteiger partial charge in [-0.2, -0.15) is 0 Å². The lowest BCUT2D eigenvalue weighted by atomic mass is 10.0. The second-order valence-corrected chi connectivity index (χ2v) is 6.83. The lowest BCUT2D eigenvalue weighted by molar-refractivity contribution is 0.0686. The molecule has 0 heterocycles. The zero-order valence-corrected chi connectivity index (χ0v) is 16.8. The predicted octanol–water partition coefficient (Wildman–Crippen LogP) is 4.88. The molecule has 0 radical (unpaired) electrons. The van der Waals surface area contributed by atoms with Gasteiger partial charge in [0.25, 0.3) is 0 Å². The standard InChI is InChI=1S/C26H18O6/c27-23(15-5-17-1-7-21(8-2-17)25(29)30)19-11-13-20(14-12-19)24(28)16-6-18-3-9-22(10-4-18)26(31)32/h1-16H,(H,29,30)(H,31,32). The summed E-state index contributed by atoms with van der Waals surface area (Å²) >= 11 is 0. The van der Waals surface area contributed by atoms with Gasteiger partial charge in [0.15, 0.2) is 11.6 Å². The van der Waals surface area contributed by atoms with Gasteiger partial charge >= 0.3 is 11.9 Å². The summed E-state index contributed by atoms with van der Waals surface area (Å²) in [5.74, 6) is -2.53. The number of hydrogen-bond acceptors (Lipinski definition) is 4. The van der Waals surface area contributed by atoms with Crippen LogP contribution in [0.4, 0.5) is 0 Å². The van der Waals surface area contributed by atoms with Crippen molar-refractivity contribution < 1.29 is 29.4 Å². The average Bonchev–Trinajstić information content (AvgIpc) is 2.81. The fourth-order valence-corrected chi connectivity index (χ4v) is 2.81. The Kier molecular flexibility index (Phi) is 6.88. The van der Waals surface area contributed by atoms with Crippen LogP contribution in [0.5, 0.6) is 0 Å². The molecule has 0 saturated heterocycles. The van der Waals surface area contributed by atoms with E-state index in [0.29, 0.717) is 22.3 Å². The van der Waals surface area contributed by atoms with E-state index in [9.17, 15) is 19.2 Å². The van der Waals surface area contributed by atoms with Crippen molar-refractivity contribution >= 4 is 35.7 Å². The van der Waals surface area contributed by atoms with Gasteiger partial charge in [0, 0.05) is 11.1 Å². The van der Waals surface area contributed by atoms with E-state index in [0.717, 1.165) is 0 Å². The topological polar surface area (TPSA) is 109 Å². The Labute approximate surface area is 183 Å². The number of hydrogen-bond donors (Lipinski definition) is 2. The van der Waals surface area contributed by atoms with Crippen LogP contribution in [0.15, 0.2) is 84.9 Å². The van der Waals surface area contributed by atoms with Crippen molar-refractivity contribution in [3.05, 3.63) is 118 Å². The number of rotatable bonds is 8. The minimum Gasteiger partial charge on any atom is -0.478 e. The molecular formula is C26H18O6. The maximum absolute atomic E-state index is 12.3. The van der Waals surface area contributed by atoms with E-state index in [1.807, 2.05) is 0 Å². The van der Waals surface area contributed by atoms with Crippen LogP contribution in [0, 0.1) is 0 Å². The average molecular weight is 426 g/mol. The number of allylic oxidation sites excluding steroid dienone is 2. The van der Waals surface area contributed by atoms with Gasteiger partial charge in [-0.3, -0.25) is 9.59 Å². The van der Waals surface area contributed by atoms with Gasteiger partial charge in [-0.05, 0) is 47.5 Å². The number of carbonyl (C=O) groups is 4. The molecule has 6 nitrogen and oxygen atoms in total. The van der Waals surface area contributed by atoms with Gasteiger partial charge in [0.2, 0.25) is 0 Å². The predicted molar refractivity (Wildman–Crippen MR) is 120 cm³/mol.